The summed E-state index contributed by atoms with van der Waals surface area (Å²) in [6.45, 7) is 2.57. The van der Waals surface area contributed by atoms with Crippen molar-refractivity contribution >= 4 is 11.7 Å². The van der Waals surface area contributed by atoms with Crippen LogP contribution in [0.25, 0.3) is 0 Å². The quantitative estimate of drug-likeness (QED) is 0.869. The topological polar surface area (TPSA) is 80.9 Å². The van der Waals surface area contributed by atoms with Gasteiger partial charge in [0, 0.05) is 6.54 Å². The molecule has 5 heteroatoms. The number of hydrogen-bond donors (Lipinski definition) is 2. The summed E-state index contributed by atoms with van der Waals surface area (Å²) in [6.07, 6.45) is 0.938. The number of nitrogens with one attached hydrogen (secondary N) is 1. The second kappa shape index (κ2) is 5.95. The van der Waals surface area contributed by atoms with E-state index in [1.54, 1.807) is 12.1 Å². The van der Waals surface area contributed by atoms with Crippen LogP contribution in [0.2, 0.25) is 0 Å². The van der Waals surface area contributed by atoms with E-state index < -0.39 is 0 Å². The van der Waals surface area contributed by atoms with Crippen LogP contribution in [-0.2, 0) is 13.0 Å². The Morgan fingerprint density at radius 3 is 2.53 bits per heavy atom. The molecule has 1 amide bonds. The van der Waals surface area contributed by atoms with Crippen molar-refractivity contribution < 1.29 is 4.79 Å². The molecular formula is C14H16N4O. The van der Waals surface area contributed by atoms with Crippen LogP contribution in [0.5, 0.6) is 0 Å². The molecule has 0 aliphatic rings. The number of nitrogen functional groups attached to an aromatic ring is 1. The first-order chi connectivity index (χ1) is 9.20. The van der Waals surface area contributed by atoms with Crippen LogP contribution in [0.4, 0.5) is 5.82 Å². The van der Waals surface area contributed by atoms with Crippen molar-refractivity contribution in [3.05, 3.63) is 53.2 Å². The summed E-state index contributed by atoms with van der Waals surface area (Å²) in [5.74, 6) is 0.0475. The number of carbonyl (C=O) groups excluding carboxylic acids is 1. The molecule has 0 radical (unpaired) electrons. The number of aromatic nitrogens is 2. The van der Waals surface area contributed by atoms with Crippen LogP contribution >= 0.6 is 0 Å². The Morgan fingerprint density at radius 2 is 1.89 bits per heavy atom. The molecule has 0 spiro atoms. The SMILES string of the molecule is CCc1ccccc1CNC(=O)c1ccc(N)nn1. The molecule has 1 aromatic heterocycles. The summed E-state index contributed by atoms with van der Waals surface area (Å²) in [7, 11) is 0. The molecule has 1 heterocycles. The lowest BCUT2D eigenvalue weighted by atomic mass is 10.1. The Kier molecular flexibility index (Phi) is 4.07. The number of rotatable bonds is 4. The number of aryl methyl sites for hydroxylation is 1. The van der Waals surface area contributed by atoms with Crippen molar-refractivity contribution in [2.24, 2.45) is 0 Å². The third-order valence-electron chi connectivity index (χ3n) is 2.86. The Hall–Kier alpha value is -2.43. The van der Waals surface area contributed by atoms with Crippen molar-refractivity contribution in [1.29, 1.82) is 0 Å². The maximum absolute atomic E-state index is 11.9. The van der Waals surface area contributed by atoms with E-state index in [0.717, 1.165) is 12.0 Å². The normalized spacial score (nSPS) is 10.2. The molecular weight excluding hydrogens is 240 g/mol. The van der Waals surface area contributed by atoms with Gasteiger partial charge in [0.2, 0.25) is 0 Å². The molecule has 0 unspecified atom stereocenters. The van der Waals surface area contributed by atoms with Crippen LogP contribution in [0.3, 0.4) is 0 Å². The molecule has 0 saturated carbocycles. The van der Waals surface area contributed by atoms with Gasteiger partial charge in [-0.15, -0.1) is 10.2 Å². The van der Waals surface area contributed by atoms with Crippen LogP contribution in [-0.4, -0.2) is 16.1 Å². The molecule has 5 nitrogen and oxygen atoms in total. The van der Waals surface area contributed by atoms with Gasteiger partial charge in [-0.1, -0.05) is 31.2 Å². The van der Waals surface area contributed by atoms with E-state index >= 15 is 0 Å². The maximum atomic E-state index is 11.9. The van der Waals surface area contributed by atoms with Crippen LogP contribution in [0, 0.1) is 0 Å². The number of carbonyl (C=O) groups is 1. The molecule has 2 aromatic rings. The Balaban J connectivity index is 2.02. The Bertz CT molecular complexity index is 566. The van der Waals surface area contributed by atoms with Crippen molar-refractivity contribution in [1.82, 2.24) is 15.5 Å². The number of nitrogens with zero attached hydrogens (tertiary/aromatic N) is 2. The lowest BCUT2D eigenvalue weighted by Crippen LogP contribution is -2.24. The van der Waals surface area contributed by atoms with Gasteiger partial charge in [0.25, 0.3) is 5.91 Å². The highest BCUT2D eigenvalue weighted by atomic mass is 16.1. The standard InChI is InChI=1S/C14H16N4O/c1-2-10-5-3-4-6-11(10)9-16-14(19)12-7-8-13(15)18-17-12/h3-8H,2,9H2,1H3,(H2,15,18)(H,16,19). The predicted octanol–water partition coefficient (Wildman–Crippen LogP) is 1.55. The van der Waals surface area contributed by atoms with Gasteiger partial charge in [0.1, 0.15) is 5.82 Å². The minimum Gasteiger partial charge on any atom is -0.382 e. The average molecular weight is 256 g/mol. The molecule has 0 fully saturated rings. The van der Waals surface area contributed by atoms with Gasteiger partial charge in [-0.25, -0.2) is 0 Å². The van der Waals surface area contributed by atoms with Crippen LogP contribution in [0.1, 0.15) is 28.5 Å². The minimum absolute atomic E-state index is 0.251. The van der Waals surface area contributed by atoms with E-state index in [4.69, 9.17) is 5.73 Å². The van der Waals surface area contributed by atoms with Gasteiger partial charge in [0.05, 0.1) is 0 Å². The fourth-order valence-corrected chi connectivity index (χ4v) is 1.80. The van der Waals surface area contributed by atoms with Gasteiger partial charge in [-0.05, 0) is 29.7 Å². The zero-order valence-electron chi connectivity index (χ0n) is 10.8. The van der Waals surface area contributed by atoms with Gasteiger partial charge < -0.3 is 11.1 Å². The summed E-state index contributed by atoms with van der Waals surface area (Å²) in [5, 5.41) is 10.2. The third-order valence-corrected chi connectivity index (χ3v) is 2.86. The van der Waals surface area contributed by atoms with Crippen LogP contribution in [0.15, 0.2) is 36.4 Å². The molecule has 2 rings (SSSR count). The van der Waals surface area contributed by atoms with Crippen molar-refractivity contribution in [3.8, 4) is 0 Å². The zero-order chi connectivity index (χ0) is 13.7. The third kappa shape index (κ3) is 3.28. The molecule has 98 valence electrons. The van der Waals surface area contributed by atoms with Gasteiger partial charge in [-0.3, -0.25) is 4.79 Å². The first kappa shape index (κ1) is 13.0. The van der Waals surface area contributed by atoms with Gasteiger partial charge in [-0.2, -0.15) is 0 Å². The van der Waals surface area contributed by atoms with Crippen molar-refractivity contribution in [2.75, 3.05) is 5.73 Å². The highest BCUT2D eigenvalue weighted by Crippen LogP contribution is 2.09. The fourth-order valence-electron chi connectivity index (χ4n) is 1.80. The first-order valence-electron chi connectivity index (χ1n) is 6.15. The fraction of sp³-hybridized carbons (Fsp3) is 0.214. The first-order valence-corrected chi connectivity index (χ1v) is 6.15. The molecule has 0 bridgehead atoms. The Morgan fingerprint density at radius 1 is 1.16 bits per heavy atom. The van der Waals surface area contributed by atoms with E-state index in [1.165, 1.54) is 5.56 Å². The molecule has 19 heavy (non-hydrogen) atoms. The second-order valence-corrected chi connectivity index (χ2v) is 4.15. The summed E-state index contributed by atoms with van der Waals surface area (Å²) >= 11 is 0. The number of benzene rings is 1. The van der Waals surface area contributed by atoms with E-state index in [2.05, 4.69) is 28.5 Å². The zero-order valence-corrected chi connectivity index (χ0v) is 10.8. The average Bonchev–Trinajstić information content (AvgIpc) is 2.45. The van der Waals surface area contributed by atoms with E-state index in [9.17, 15) is 4.79 Å². The summed E-state index contributed by atoms with van der Waals surface area (Å²) < 4.78 is 0. The van der Waals surface area contributed by atoms with Crippen molar-refractivity contribution in [3.63, 3.8) is 0 Å². The maximum Gasteiger partial charge on any atom is 0.272 e. The summed E-state index contributed by atoms with van der Waals surface area (Å²) in [6, 6.07) is 11.1. The summed E-state index contributed by atoms with van der Waals surface area (Å²) in [5.41, 5.74) is 8.03. The number of nitrogens with two attached hydrogens (primary N) is 1. The molecule has 0 aliphatic carbocycles. The highest BCUT2D eigenvalue weighted by Gasteiger charge is 2.08. The molecule has 0 saturated heterocycles. The predicted molar refractivity (Wildman–Crippen MR) is 73.4 cm³/mol. The van der Waals surface area contributed by atoms with Gasteiger partial charge >= 0.3 is 0 Å². The van der Waals surface area contributed by atoms with Crippen molar-refractivity contribution in [2.45, 2.75) is 19.9 Å². The molecule has 3 N–H and O–H groups in total. The molecule has 0 aliphatic heterocycles. The van der Waals surface area contributed by atoms with Gasteiger partial charge in [0.15, 0.2) is 5.69 Å². The van der Waals surface area contributed by atoms with Crippen LogP contribution < -0.4 is 11.1 Å². The largest absolute Gasteiger partial charge is 0.382 e. The van der Waals surface area contributed by atoms with E-state index in [1.807, 2.05) is 18.2 Å². The molecule has 0 atom stereocenters. The number of hydrogen-bond acceptors (Lipinski definition) is 4. The molecule has 1 aromatic carbocycles. The minimum atomic E-state index is -0.251. The second-order valence-electron chi connectivity index (χ2n) is 4.15. The number of anilines is 1. The lowest BCUT2D eigenvalue weighted by molar-refractivity contribution is 0.0945. The van der Waals surface area contributed by atoms with E-state index in [0.29, 0.717) is 12.4 Å². The Labute approximate surface area is 111 Å². The number of amides is 1. The summed E-state index contributed by atoms with van der Waals surface area (Å²) in [4.78, 5) is 11.9. The highest BCUT2D eigenvalue weighted by molar-refractivity contribution is 5.92. The lowest BCUT2D eigenvalue weighted by Gasteiger charge is -2.08. The van der Waals surface area contributed by atoms with E-state index in [-0.39, 0.29) is 11.6 Å². The smallest absolute Gasteiger partial charge is 0.272 e. The monoisotopic (exact) mass is 256 g/mol.